The van der Waals surface area contributed by atoms with Gasteiger partial charge in [-0.15, -0.1) is 0 Å². The van der Waals surface area contributed by atoms with Gasteiger partial charge in [0.2, 0.25) is 5.78 Å². The molecule has 2 aliphatic rings. The van der Waals surface area contributed by atoms with Crippen molar-refractivity contribution in [2.75, 3.05) is 39.3 Å². The van der Waals surface area contributed by atoms with Crippen LogP contribution in [0.5, 0.6) is 11.5 Å². The lowest BCUT2D eigenvalue weighted by molar-refractivity contribution is -1.02. The van der Waals surface area contributed by atoms with Gasteiger partial charge in [0, 0.05) is 0 Å². The first-order valence-corrected chi connectivity index (χ1v) is 9.88. The number of rotatable bonds is 5. The quantitative estimate of drug-likeness (QED) is 0.507. The summed E-state index contributed by atoms with van der Waals surface area (Å²) in [5.74, 6) is -0.00873. The molecule has 2 heterocycles. The number of benzene rings is 2. The molecular weight excluding hydrogens is 375 g/mol. The number of Topliss-reactive ketones (excluding diaryl/α,β-unsaturated/α-hetero) is 1. The van der Waals surface area contributed by atoms with Crippen molar-refractivity contribution >= 4 is 11.9 Å². The van der Waals surface area contributed by atoms with Gasteiger partial charge in [-0.25, -0.2) is 4.39 Å². The molecule has 0 unspecified atom stereocenters. The Balaban J connectivity index is 1.55. The molecule has 2 aromatic carbocycles. The molecule has 7 heteroatoms. The number of carbonyl (C=O) groups is 1. The average Bonchev–Trinajstić information content (AvgIpc) is 3.01. The summed E-state index contributed by atoms with van der Waals surface area (Å²) < 4.78 is 19.3. The van der Waals surface area contributed by atoms with Crippen LogP contribution >= 0.6 is 0 Å². The molecule has 1 fully saturated rings. The van der Waals surface area contributed by atoms with E-state index < -0.39 is 0 Å². The third-order valence-electron chi connectivity index (χ3n) is 5.62. The topological polar surface area (TPSA) is 75.6 Å². The van der Waals surface area contributed by atoms with Crippen LogP contribution in [0.1, 0.15) is 21.5 Å². The summed E-state index contributed by atoms with van der Waals surface area (Å²) in [4.78, 5) is 15.4. The first kappa shape index (κ1) is 19.6. The zero-order chi connectivity index (χ0) is 20.4. The van der Waals surface area contributed by atoms with Crippen molar-refractivity contribution in [3.63, 3.8) is 0 Å². The van der Waals surface area contributed by atoms with Crippen molar-refractivity contribution < 1.29 is 33.9 Å². The van der Waals surface area contributed by atoms with Crippen molar-refractivity contribution in [1.82, 2.24) is 0 Å². The molecule has 0 aromatic heterocycles. The van der Waals surface area contributed by atoms with Crippen molar-refractivity contribution in [1.29, 1.82) is 0 Å². The minimum absolute atomic E-state index is 0.112. The van der Waals surface area contributed by atoms with Gasteiger partial charge in [0.05, 0.1) is 17.7 Å². The summed E-state index contributed by atoms with van der Waals surface area (Å²) in [7, 11) is 0. The first-order chi connectivity index (χ1) is 14.0. The van der Waals surface area contributed by atoms with Gasteiger partial charge in [0.1, 0.15) is 50.8 Å². The van der Waals surface area contributed by atoms with Crippen LogP contribution in [0.2, 0.25) is 0 Å². The standard InChI is InChI=1S/C22H23FN2O4/c23-16-3-1-2-15(12-16)13-20-21(28)17-4-5-19(27)18(22(17)29-20)14-25-8-6-24(7-9-25)10-11-26/h1-5,12-13,26-27H,6-11,14H2/p+2/b20-13-. The van der Waals surface area contributed by atoms with Crippen LogP contribution in [0.15, 0.2) is 42.2 Å². The lowest BCUT2D eigenvalue weighted by Crippen LogP contribution is -3.27. The third-order valence-corrected chi connectivity index (χ3v) is 5.62. The molecule has 0 aliphatic carbocycles. The molecular formula is C22H25FN2O4+2. The lowest BCUT2D eigenvalue weighted by atomic mass is 10.0. The Labute approximate surface area is 168 Å². The molecule has 4 rings (SSSR count). The van der Waals surface area contributed by atoms with E-state index in [0.29, 0.717) is 29.0 Å². The summed E-state index contributed by atoms with van der Waals surface area (Å²) in [6.45, 7) is 5.24. The van der Waals surface area contributed by atoms with E-state index in [-0.39, 0.29) is 29.7 Å². The Bertz CT molecular complexity index is 952. The summed E-state index contributed by atoms with van der Waals surface area (Å²) in [6, 6.07) is 9.06. The van der Waals surface area contributed by atoms with Crippen LogP contribution in [0.4, 0.5) is 4.39 Å². The highest BCUT2D eigenvalue weighted by molar-refractivity contribution is 6.14. The zero-order valence-electron chi connectivity index (χ0n) is 16.1. The van der Waals surface area contributed by atoms with Gasteiger partial charge in [0.15, 0.2) is 11.5 Å². The van der Waals surface area contributed by atoms with Gasteiger partial charge in [-0.1, -0.05) is 12.1 Å². The maximum atomic E-state index is 13.4. The predicted molar refractivity (Wildman–Crippen MR) is 104 cm³/mol. The van der Waals surface area contributed by atoms with Crippen LogP contribution in [-0.2, 0) is 6.54 Å². The smallest absolute Gasteiger partial charge is 0.231 e. The highest BCUT2D eigenvalue weighted by Gasteiger charge is 2.33. The summed E-state index contributed by atoms with van der Waals surface area (Å²) in [5, 5.41) is 19.5. The number of fused-ring (bicyclic) bond motifs is 1. The van der Waals surface area contributed by atoms with E-state index in [0.717, 1.165) is 32.7 Å². The second-order valence-electron chi connectivity index (χ2n) is 7.59. The molecule has 152 valence electrons. The lowest BCUT2D eigenvalue weighted by Gasteiger charge is -2.29. The van der Waals surface area contributed by atoms with Crippen molar-refractivity contribution in [3.05, 3.63) is 64.7 Å². The minimum Gasteiger partial charge on any atom is -0.507 e. The maximum absolute atomic E-state index is 13.4. The fourth-order valence-corrected chi connectivity index (χ4v) is 4.01. The number of nitrogens with one attached hydrogen (secondary N) is 2. The number of halogens is 1. The number of hydrogen-bond acceptors (Lipinski definition) is 4. The molecule has 2 aliphatic heterocycles. The van der Waals surface area contributed by atoms with Crippen molar-refractivity contribution in [3.8, 4) is 11.5 Å². The molecule has 6 nitrogen and oxygen atoms in total. The third kappa shape index (κ3) is 4.17. The number of aliphatic hydroxyl groups excluding tert-OH is 1. The van der Waals surface area contributed by atoms with Crippen LogP contribution in [0.3, 0.4) is 0 Å². The summed E-state index contributed by atoms with van der Waals surface area (Å²) in [5.41, 5.74) is 1.59. The Morgan fingerprint density at radius 3 is 2.59 bits per heavy atom. The van der Waals surface area contributed by atoms with E-state index in [1.54, 1.807) is 18.2 Å². The van der Waals surface area contributed by atoms with Gasteiger partial charge < -0.3 is 24.7 Å². The number of aliphatic hydroxyl groups is 1. The highest BCUT2D eigenvalue weighted by Crippen LogP contribution is 2.39. The fraction of sp³-hybridized carbons (Fsp3) is 0.318. The van der Waals surface area contributed by atoms with Gasteiger partial charge in [-0.05, 0) is 35.9 Å². The number of ether oxygens (including phenoxy) is 1. The molecule has 0 amide bonds. The monoisotopic (exact) mass is 400 g/mol. The number of phenols is 1. The Kier molecular flexibility index (Phi) is 5.62. The predicted octanol–water partition coefficient (Wildman–Crippen LogP) is -0.577. The fourth-order valence-electron chi connectivity index (χ4n) is 4.01. The largest absolute Gasteiger partial charge is 0.507 e. The summed E-state index contributed by atoms with van der Waals surface area (Å²) in [6.07, 6.45) is 1.52. The number of quaternary nitrogens is 2. The molecule has 0 bridgehead atoms. The van der Waals surface area contributed by atoms with Crippen molar-refractivity contribution in [2.24, 2.45) is 0 Å². The Morgan fingerprint density at radius 1 is 1.10 bits per heavy atom. The number of ketones is 1. The Morgan fingerprint density at radius 2 is 1.86 bits per heavy atom. The SMILES string of the molecule is O=C1/C(=C/c2cccc(F)c2)Oc2c1ccc(O)c2C[NH+]1CC[NH+](CCO)CC1. The van der Waals surface area contributed by atoms with Gasteiger partial charge in [0.25, 0.3) is 0 Å². The zero-order valence-corrected chi connectivity index (χ0v) is 16.1. The number of allylic oxidation sites excluding steroid dienone is 1. The minimum atomic E-state index is -0.383. The first-order valence-electron chi connectivity index (χ1n) is 9.88. The van der Waals surface area contributed by atoms with Gasteiger partial charge >= 0.3 is 0 Å². The van der Waals surface area contributed by atoms with E-state index in [9.17, 15) is 14.3 Å². The average molecular weight is 400 g/mol. The second kappa shape index (κ2) is 8.32. The highest BCUT2D eigenvalue weighted by atomic mass is 19.1. The molecule has 0 saturated carbocycles. The number of phenolic OH excluding ortho intramolecular Hbond substituents is 1. The van der Waals surface area contributed by atoms with E-state index in [4.69, 9.17) is 9.84 Å². The summed E-state index contributed by atoms with van der Waals surface area (Å²) >= 11 is 0. The van der Waals surface area contributed by atoms with E-state index in [1.165, 1.54) is 34.1 Å². The normalized spacial score (nSPS) is 22.6. The van der Waals surface area contributed by atoms with E-state index >= 15 is 0 Å². The number of carbonyl (C=O) groups excluding carboxylic acids is 1. The van der Waals surface area contributed by atoms with Gasteiger partial charge in [-0.3, -0.25) is 4.79 Å². The second-order valence-corrected chi connectivity index (χ2v) is 7.59. The van der Waals surface area contributed by atoms with Crippen molar-refractivity contribution in [2.45, 2.75) is 6.54 Å². The number of hydrogen-bond donors (Lipinski definition) is 4. The number of piperazine rings is 1. The molecule has 0 spiro atoms. The van der Waals surface area contributed by atoms with Gasteiger partial charge in [-0.2, -0.15) is 0 Å². The molecule has 0 radical (unpaired) electrons. The molecule has 0 atom stereocenters. The number of aromatic hydroxyl groups is 1. The molecule has 2 aromatic rings. The van der Waals surface area contributed by atoms with Crippen LogP contribution in [-0.4, -0.2) is 55.3 Å². The maximum Gasteiger partial charge on any atom is 0.231 e. The van der Waals surface area contributed by atoms with E-state index in [2.05, 4.69) is 0 Å². The van der Waals surface area contributed by atoms with Crippen LogP contribution in [0, 0.1) is 5.82 Å². The molecule has 4 N–H and O–H groups in total. The van der Waals surface area contributed by atoms with E-state index in [1.807, 2.05) is 0 Å². The molecule has 1 saturated heterocycles. The van der Waals surface area contributed by atoms with Crippen LogP contribution < -0.4 is 14.5 Å². The Hall–Kier alpha value is -2.74. The van der Waals surface area contributed by atoms with Crippen LogP contribution in [0.25, 0.3) is 6.08 Å². The molecule has 29 heavy (non-hydrogen) atoms.